The fourth-order valence-electron chi connectivity index (χ4n) is 3.97. The number of carbonyl (C=O) groups excluding carboxylic acids is 1. The number of hydrogen-bond donors (Lipinski definition) is 0. The highest BCUT2D eigenvalue weighted by atomic mass is 16.2. The Balaban J connectivity index is 1.65. The van der Waals surface area contributed by atoms with Gasteiger partial charge in [-0.3, -0.25) is 14.8 Å². The summed E-state index contributed by atoms with van der Waals surface area (Å²) in [6, 6.07) is 9.84. The zero-order valence-electron chi connectivity index (χ0n) is 19.0. The van der Waals surface area contributed by atoms with Crippen molar-refractivity contribution in [3.05, 3.63) is 65.9 Å². The van der Waals surface area contributed by atoms with Gasteiger partial charge >= 0.3 is 0 Å². The molecule has 0 saturated carbocycles. The molecule has 0 atom stereocenters. The van der Waals surface area contributed by atoms with E-state index in [9.17, 15) is 4.79 Å². The van der Waals surface area contributed by atoms with Crippen molar-refractivity contribution in [1.29, 1.82) is 0 Å². The third kappa shape index (κ3) is 5.10. The lowest BCUT2D eigenvalue weighted by atomic mass is 10.0. The smallest absolute Gasteiger partial charge is 0.223 e. The number of hydrogen-bond acceptors (Lipinski definition) is 6. The van der Waals surface area contributed by atoms with Crippen LogP contribution >= 0.6 is 0 Å². The van der Waals surface area contributed by atoms with Crippen LogP contribution in [0.2, 0.25) is 0 Å². The fraction of sp³-hybridized carbons (Fsp3) is 0.400. The SMILES string of the molecule is CC(C)CC(=O)N1CCc2nc(-c3ccncc3)nc(N(C)CCc3ccccn3)c2C1. The van der Waals surface area contributed by atoms with Crippen LogP contribution in [0.25, 0.3) is 11.4 Å². The highest BCUT2D eigenvalue weighted by Gasteiger charge is 2.27. The summed E-state index contributed by atoms with van der Waals surface area (Å²) < 4.78 is 0. The number of aromatic nitrogens is 4. The van der Waals surface area contributed by atoms with Crippen LogP contribution in [-0.2, 0) is 24.2 Å². The van der Waals surface area contributed by atoms with Gasteiger partial charge < -0.3 is 9.80 Å². The minimum Gasteiger partial charge on any atom is -0.359 e. The molecular formula is C25H30N6O. The van der Waals surface area contributed by atoms with Crippen LogP contribution in [0.15, 0.2) is 48.9 Å². The van der Waals surface area contributed by atoms with Crippen LogP contribution in [0.1, 0.15) is 37.2 Å². The van der Waals surface area contributed by atoms with Crippen molar-refractivity contribution in [3.63, 3.8) is 0 Å². The molecule has 1 aliphatic rings. The van der Waals surface area contributed by atoms with Crippen LogP contribution in [-0.4, -0.2) is 50.9 Å². The normalized spacial score (nSPS) is 13.2. The van der Waals surface area contributed by atoms with Crippen molar-refractivity contribution in [2.45, 2.75) is 39.7 Å². The van der Waals surface area contributed by atoms with Crippen molar-refractivity contribution in [2.24, 2.45) is 5.92 Å². The van der Waals surface area contributed by atoms with E-state index in [4.69, 9.17) is 9.97 Å². The van der Waals surface area contributed by atoms with Crippen molar-refractivity contribution < 1.29 is 4.79 Å². The van der Waals surface area contributed by atoms with Crippen LogP contribution in [0.4, 0.5) is 5.82 Å². The van der Waals surface area contributed by atoms with Gasteiger partial charge in [0.05, 0.1) is 12.2 Å². The first-order valence-electron chi connectivity index (χ1n) is 11.2. The number of anilines is 1. The molecule has 4 rings (SSSR count). The number of pyridine rings is 2. The topological polar surface area (TPSA) is 75.1 Å². The molecule has 0 radical (unpaired) electrons. The van der Waals surface area contributed by atoms with Crippen LogP contribution in [0.5, 0.6) is 0 Å². The highest BCUT2D eigenvalue weighted by Crippen LogP contribution is 2.29. The van der Waals surface area contributed by atoms with Gasteiger partial charge in [-0.15, -0.1) is 0 Å². The lowest BCUT2D eigenvalue weighted by molar-refractivity contribution is -0.132. The molecule has 7 nitrogen and oxygen atoms in total. The number of fused-ring (bicyclic) bond motifs is 1. The number of carbonyl (C=O) groups is 1. The standard InChI is InChI=1S/C25H30N6O/c1-18(2)16-23(32)31-15-10-22-21(17-31)25(29-24(28-22)19-7-12-26-13-8-19)30(3)14-9-20-6-4-5-11-27-20/h4-8,11-13,18H,9-10,14-17H2,1-3H3. The molecule has 32 heavy (non-hydrogen) atoms. The Morgan fingerprint density at radius 2 is 1.94 bits per heavy atom. The lowest BCUT2D eigenvalue weighted by Crippen LogP contribution is -2.38. The minimum atomic E-state index is 0.200. The van der Waals surface area contributed by atoms with Crippen molar-refractivity contribution in [3.8, 4) is 11.4 Å². The third-order valence-corrected chi connectivity index (χ3v) is 5.70. The molecule has 0 saturated heterocycles. The molecule has 0 aliphatic carbocycles. The quantitative estimate of drug-likeness (QED) is 0.571. The Morgan fingerprint density at radius 3 is 2.66 bits per heavy atom. The highest BCUT2D eigenvalue weighted by molar-refractivity contribution is 5.77. The fourth-order valence-corrected chi connectivity index (χ4v) is 3.97. The molecule has 0 aromatic carbocycles. The molecule has 1 amide bonds. The Kier molecular flexibility index (Phi) is 6.73. The van der Waals surface area contributed by atoms with Crippen LogP contribution in [0.3, 0.4) is 0 Å². The first-order chi connectivity index (χ1) is 15.5. The Morgan fingerprint density at radius 1 is 1.12 bits per heavy atom. The first kappa shape index (κ1) is 21.9. The molecule has 0 N–H and O–H groups in total. The summed E-state index contributed by atoms with van der Waals surface area (Å²) in [5.41, 5.74) is 4.07. The van der Waals surface area contributed by atoms with E-state index < -0.39 is 0 Å². The van der Waals surface area contributed by atoms with Gasteiger partial charge in [0.2, 0.25) is 5.91 Å². The van der Waals surface area contributed by atoms with Gasteiger partial charge in [-0.1, -0.05) is 19.9 Å². The van der Waals surface area contributed by atoms with E-state index in [2.05, 4.69) is 35.8 Å². The van der Waals surface area contributed by atoms with E-state index in [1.54, 1.807) is 12.4 Å². The molecule has 166 valence electrons. The van der Waals surface area contributed by atoms with Gasteiger partial charge in [-0.05, 0) is 30.2 Å². The van der Waals surface area contributed by atoms with E-state index >= 15 is 0 Å². The zero-order valence-corrected chi connectivity index (χ0v) is 19.0. The number of amides is 1. The average molecular weight is 431 g/mol. The van der Waals surface area contributed by atoms with E-state index in [0.29, 0.717) is 31.3 Å². The lowest BCUT2D eigenvalue weighted by Gasteiger charge is -2.32. The summed E-state index contributed by atoms with van der Waals surface area (Å²) in [6.45, 7) is 6.19. The van der Waals surface area contributed by atoms with Gasteiger partial charge in [0, 0.05) is 74.8 Å². The van der Waals surface area contributed by atoms with Gasteiger partial charge in [-0.2, -0.15) is 0 Å². The van der Waals surface area contributed by atoms with E-state index in [1.807, 2.05) is 41.4 Å². The molecular weight excluding hydrogens is 400 g/mol. The van der Waals surface area contributed by atoms with Crippen molar-refractivity contribution >= 4 is 11.7 Å². The molecule has 0 unspecified atom stereocenters. The average Bonchev–Trinajstić information content (AvgIpc) is 2.82. The molecule has 3 aromatic heterocycles. The Labute approximate surface area is 189 Å². The Hall–Kier alpha value is -3.35. The maximum Gasteiger partial charge on any atom is 0.223 e. The largest absolute Gasteiger partial charge is 0.359 e. The van der Waals surface area contributed by atoms with E-state index in [0.717, 1.165) is 47.7 Å². The third-order valence-electron chi connectivity index (χ3n) is 5.70. The molecule has 1 aliphatic heterocycles. The second kappa shape index (κ2) is 9.85. The summed E-state index contributed by atoms with van der Waals surface area (Å²) in [5.74, 6) is 2.13. The summed E-state index contributed by atoms with van der Waals surface area (Å²) >= 11 is 0. The number of likely N-dealkylation sites (N-methyl/N-ethyl adjacent to an activating group) is 1. The van der Waals surface area contributed by atoms with Crippen LogP contribution < -0.4 is 4.90 Å². The summed E-state index contributed by atoms with van der Waals surface area (Å²) in [6.07, 6.45) is 7.46. The van der Waals surface area contributed by atoms with Crippen LogP contribution in [0, 0.1) is 5.92 Å². The first-order valence-corrected chi connectivity index (χ1v) is 11.2. The predicted molar refractivity (Wildman–Crippen MR) is 125 cm³/mol. The molecule has 0 spiro atoms. The predicted octanol–water partition coefficient (Wildman–Crippen LogP) is 3.54. The molecule has 4 heterocycles. The molecule has 3 aromatic rings. The van der Waals surface area contributed by atoms with Gasteiger partial charge in [0.1, 0.15) is 5.82 Å². The summed E-state index contributed by atoms with van der Waals surface area (Å²) in [4.78, 5) is 35.3. The monoisotopic (exact) mass is 430 g/mol. The molecule has 7 heteroatoms. The maximum absolute atomic E-state index is 12.8. The van der Waals surface area contributed by atoms with Gasteiger partial charge in [0.25, 0.3) is 0 Å². The molecule has 0 fully saturated rings. The second-order valence-corrected chi connectivity index (χ2v) is 8.69. The van der Waals surface area contributed by atoms with Crippen molar-refractivity contribution in [1.82, 2.24) is 24.8 Å². The number of rotatable bonds is 7. The van der Waals surface area contributed by atoms with E-state index in [-0.39, 0.29) is 5.91 Å². The van der Waals surface area contributed by atoms with E-state index in [1.165, 1.54) is 0 Å². The summed E-state index contributed by atoms with van der Waals surface area (Å²) in [5, 5.41) is 0. The van der Waals surface area contributed by atoms with Gasteiger partial charge in [-0.25, -0.2) is 9.97 Å². The van der Waals surface area contributed by atoms with Gasteiger partial charge in [0.15, 0.2) is 5.82 Å². The number of nitrogens with zero attached hydrogens (tertiary/aromatic N) is 6. The molecule has 0 bridgehead atoms. The minimum absolute atomic E-state index is 0.200. The zero-order chi connectivity index (χ0) is 22.5. The second-order valence-electron chi connectivity index (χ2n) is 8.69. The summed E-state index contributed by atoms with van der Waals surface area (Å²) in [7, 11) is 2.05. The Bertz CT molecular complexity index is 1050. The van der Waals surface area contributed by atoms with Crippen molar-refractivity contribution in [2.75, 3.05) is 25.0 Å². The maximum atomic E-state index is 12.8.